The van der Waals surface area contributed by atoms with E-state index in [-0.39, 0.29) is 11.7 Å². The molecule has 2 heterocycles. The number of carbonyl (C=O) groups excluding carboxylic acids is 1. The van der Waals surface area contributed by atoms with Crippen LogP contribution in [0, 0.1) is 6.92 Å². The molecular formula is C13H13N7O2S2. The third-order valence-corrected chi connectivity index (χ3v) is 4.53. The molecule has 9 nitrogen and oxygen atoms in total. The number of rotatable bonds is 6. The largest absolute Gasteiger partial charge is 0.494 e. The fourth-order valence-electron chi connectivity index (χ4n) is 1.86. The van der Waals surface area contributed by atoms with Gasteiger partial charge < -0.3 is 4.74 Å². The average molecular weight is 363 g/mol. The van der Waals surface area contributed by atoms with Crippen LogP contribution in [0.25, 0.3) is 5.69 Å². The number of hydrogen-bond donors (Lipinski definition) is 1. The van der Waals surface area contributed by atoms with Gasteiger partial charge in [-0.2, -0.15) is 4.68 Å². The van der Waals surface area contributed by atoms with E-state index in [0.29, 0.717) is 21.7 Å². The summed E-state index contributed by atoms with van der Waals surface area (Å²) in [5.74, 6) is 0.583. The van der Waals surface area contributed by atoms with Gasteiger partial charge in [0.05, 0.1) is 12.9 Å². The van der Waals surface area contributed by atoms with Gasteiger partial charge in [-0.15, -0.1) is 15.3 Å². The molecule has 1 amide bonds. The van der Waals surface area contributed by atoms with Gasteiger partial charge in [-0.3, -0.25) is 10.1 Å². The Balaban J connectivity index is 1.68. The number of amides is 1. The van der Waals surface area contributed by atoms with Crippen molar-refractivity contribution in [3.8, 4) is 11.4 Å². The number of benzene rings is 1. The maximum Gasteiger partial charge on any atom is 0.236 e. The smallest absolute Gasteiger partial charge is 0.236 e. The van der Waals surface area contributed by atoms with Gasteiger partial charge in [0, 0.05) is 0 Å². The van der Waals surface area contributed by atoms with Crippen molar-refractivity contribution in [2.45, 2.75) is 12.1 Å². The van der Waals surface area contributed by atoms with E-state index in [2.05, 4.69) is 31.0 Å². The van der Waals surface area contributed by atoms with E-state index in [0.717, 1.165) is 5.01 Å². The predicted octanol–water partition coefficient (Wildman–Crippen LogP) is 1.56. The second-order valence-corrected chi connectivity index (χ2v) is 6.63. The van der Waals surface area contributed by atoms with Gasteiger partial charge in [0.2, 0.25) is 16.2 Å². The second kappa shape index (κ2) is 7.36. The van der Waals surface area contributed by atoms with E-state index in [1.165, 1.54) is 27.8 Å². The molecule has 0 fully saturated rings. The van der Waals surface area contributed by atoms with E-state index in [1.807, 2.05) is 31.2 Å². The highest BCUT2D eigenvalue weighted by atomic mass is 32.2. The monoisotopic (exact) mass is 363 g/mol. The molecule has 0 unspecified atom stereocenters. The highest BCUT2D eigenvalue weighted by Crippen LogP contribution is 2.25. The fraction of sp³-hybridized carbons (Fsp3) is 0.231. The first-order chi connectivity index (χ1) is 11.7. The summed E-state index contributed by atoms with van der Waals surface area (Å²) in [6.07, 6.45) is 0. The molecule has 0 aliphatic heterocycles. The van der Waals surface area contributed by atoms with E-state index in [4.69, 9.17) is 4.74 Å². The third-order valence-electron chi connectivity index (χ3n) is 2.86. The van der Waals surface area contributed by atoms with E-state index in [9.17, 15) is 4.79 Å². The predicted molar refractivity (Wildman–Crippen MR) is 89.7 cm³/mol. The number of nitrogens with one attached hydrogen (secondary N) is 1. The maximum absolute atomic E-state index is 12.0. The summed E-state index contributed by atoms with van der Waals surface area (Å²) in [6.45, 7) is 1.82. The van der Waals surface area contributed by atoms with Crippen LogP contribution in [0.1, 0.15) is 5.01 Å². The number of ether oxygens (including phenoxy) is 1. The van der Waals surface area contributed by atoms with Gasteiger partial charge in [0.15, 0.2) is 0 Å². The molecule has 0 spiro atoms. The van der Waals surface area contributed by atoms with Crippen molar-refractivity contribution in [3.05, 3.63) is 29.3 Å². The van der Waals surface area contributed by atoms with Crippen LogP contribution in [0.3, 0.4) is 0 Å². The third kappa shape index (κ3) is 3.68. The number of anilines is 1. The topological polar surface area (TPSA) is 108 Å². The van der Waals surface area contributed by atoms with Crippen LogP contribution in [-0.2, 0) is 4.79 Å². The highest BCUT2D eigenvalue weighted by Gasteiger charge is 2.15. The zero-order chi connectivity index (χ0) is 16.9. The number of methoxy groups -OCH3 is 1. The minimum Gasteiger partial charge on any atom is -0.494 e. The molecule has 0 bridgehead atoms. The average Bonchev–Trinajstić information content (AvgIpc) is 3.21. The minimum atomic E-state index is -0.203. The fourth-order valence-corrected chi connectivity index (χ4v) is 3.15. The van der Waals surface area contributed by atoms with Crippen LogP contribution in [0.15, 0.2) is 29.4 Å². The van der Waals surface area contributed by atoms with Crippen LogP contribution in [0.2, 0.25) is 0 Å². The van der Waals surface area contributed by atoms with E-state index >= 15 is 0 Å². The molecule has 3 rings (SSSR count). The van der Waals surface area contributed by atoms with Gasteiger partial charge in [0.1, 0.15) is 16.4 Å². The maximum atomic E-state index is 12.0. The van der Waals surface area contributed by atoms with Gasteiger partial charge in [0.25, 0.3) is 0 Å². The summed E-state index contributed by atoms with van der Waals surface area (Å²) in [7, 11) is 1.58. The Bertz CT molecular complexity index is 848. The lowest BCUT2D eigenvalue weighted by atomic mass is 10.3. The second-order valence-electron chi connectivity index (χ2n) is 4.51. The summed E-state index contributed by atoms with van der Waals surface area (Å²) >= 11 is 2.54. The van der Waals surface area contributed by atoms with Crippen molar-refractivity contribution in [3.63, 3.8) is 0 Å². The Kier molecular flexibility index (Phi) is 5.01. The number of tetrazole rings is 1. The molecule has 24 heavy (non-hydrogen) atoms. The van der Waals surface area contributed by atoms with Crippen LogP contribution in [0.5, 0.6) is 5.75 Å². The molecule has 1 aromatic carbocycles. The van der Waals surface area contributed by atoms with Gasteiger partial charge in [-0.05, 0) is 29.5 Å². The number of para-hydroxylation sites is 2. The quantitative estimate of drug-likeness (QED) is 0.658. The van der Waals surface area contributed by atoms with E-state index in [1.54, 1.807) is 7.11 Å². The van der Waals surface area contributed by atoms with Crippen LogP contribution in [0.4, 0.5) is 5.13 Å². The van der Waals surface area contributed by atoms with Crippen molar-refractivity contribution in [1.82, 2.24) is 30.4 Å². The van der Waals surface area contributed by atoms with Crippen molar-refractivity contribution >= 4 is 34.1 Å². The van der Waals surface area contributed by atoms with Crippen molar-refractivity contribution in [1.29, 1.82) is 0 Å². The molecule has 11 heteroatoms. The Morgan fingerprint density at radius 1 is 1.33 bits per heavy atom. The lowest BCUT2D eigenvalue weighted by Gasteiger charge is -2.08. The summed E-state index contributed by atoms with van der Waals surface area (Å²) < 4.78 is 6.85. The Labute approximate surface area is 145 Å². The molecule has 2 aromatic heterocycles. The molecule has 0 atom stereocenters. The number of thioether (sulfide) groups is 1. The van der Waals surface area contributed by atoms with Gasteiger partial charge >= 0.3 is 0 Å². The molecule has 1 N–H and O–H groups in total. The van der Waals surface area contributed by atoms with Crippen LogP contribution < -0.4 is 10.1 Å². The SMILES string of the molecule is COc1ccccc1-n1nnnc1SCC(=O)Nc1nnc(C)s1. The van der Waals surface area contributed by atoms with Crippen molar-refractivity contribution < 1.29 is 9.53 Å². The minimum absolute atomic E-state index is 0.147. The van der Waals surface area contributed by atoms with Crippen molar-refractivity contribution in [2.24, 2.45) is 0 Å². The normalized spacial score (nSPS) is 10.6. The molecule has 0 radical (unpaired) electrons. The van der Waals surface area contributed by atoms with Crippen molar-refractivity contribution in [2.75, 3.05) is 18.2 Å². The lowest BCUT2D eigenvalue weighted by Crippen LogP contribution is -2.14. The molecule has 0 aliphatic carbocycles. The standard InChI is InChI=1S/C13H13N7O2S2/c1-8-15-16-12(24-8)14-11(21)7-23-13-17-18-19-20(13)9-5-3-4-6-10(9)22-2/h3-6H,7H2,1-2H3,(H,14,16,21). The number of nitrogens with zero attached hydrogens (tertiary/aromatic N) is 6. The Hall–Kier alpha value is -2.53. The summed E-state index contributed by atoms with van der Waals surface area (Å²) in [4.78, 5) is 12.0. The Morgan fingerprint density at radius 3 is 2.92 bits per heavy atom. The summed E-state index contributed by atoms with van der Waals surface area (Å²) in [5, 5.41) is 23.7. The number of carbonyl (C=O) groups is 1. The molecular weight excluding hydrogens is 350 g/mol. The zero-order valence-electron chi connectivity index (χ0n) is 12.8. The first kappa shape index (κ1) is 16.3. The van der Waals surface area contributed by atoms with Crippen LogP contribution >= 0.6 is 23.1 Å². The summed E-state index contributed by atoms with van der Waals surface area (Å²) in [6, 6.07) is 7.37. The number of aryl methyl sites for hydroxylation is 1. The zero-order valence-corrected chi connectivity index (χ0v) is 14.5. The molecule has 0 saturated carbocycles. The molecule has 124 valence electrons. The van der Waals surface area contributed by atoms with E-state index < -0.39 is 0 Å². The molecule has 0 saturated heterocycles. The van der Waals surface area contributed by atoms with Gasteiger partial charge in [-0.25, -0.2) is 0 Å². The van der Waals surface area contributed by atoms with Gasteiger partial charge in [-0.1, -0.05) is 35.2 Å². The molecule has 3 aromatic rings. The first-order valence-corrected chi connectivity index (χ1v) is 8.62. The Morgan fingerprint density at radius 2 is 2.17 bits per heavy atom. The highest BCUT2D eigenvalue weighted by molar-refractivity contribution is 7.99. The summed E-state index contributed by atoms with van der Waals surface area (Å²) in [5.41, 5.74) is 0.702. The van der Waals surface area contributed by atoms with Crippen LogP contribution in [-0.4, -0.2) is 49.2 Å². The lowest BCUT2D eigenvalue weighted by molar-refractivity contribution is -0.113. The first-order valence-electron chi connectivity index (χ1n) is 6.82. The number of hydrogen-bond acceptors (Lipinski definition) is 9. The molecule has 0 aliphatic rings. The number of aromatic nitrogens is 6.